The number of imide groups is 1. The Morgan fingerprint density at radius 1 is 0.835 bits per heavy atom. The molecule has 2 fully saturated rings. The fourth-order valence-electron chi connectivity index (χ4n) is 2.22. The van der Waals surface area contributed by atoms with Crippen molar-refractivity contribution in [1.82, 2.24) is 10.4 Å². The largest absolute Gasteiger partial charge is 1.00 e. The van der Waals surface area contributed by atoms with Crippen LogP contribution in [0.3, 0.4) is 0 Å². The summed E-state index contributed by atoms with van der Waals surface area (Å²) in [4.78, 5) is 107. The standard InChI is InChI=1S/C6H6BrNO4.C6H8O2.C5H9N2O4P.C5H9NO.C4H8BrNO.C4H6.2C3H5N.C2H5Cl.C2H3FO.2C2H7N.2C2H4O2.C2H4O.C2H.CH2O3.2K.Na.H/c7-3-6(11)12-8-4(9)1-2-5(8)10;1-2-3-7-4-6-5-8-6;1-4(8)5(7-6)12(9,10-2)11-3;1-2-4-7-5-3-6;1-2-6-4(7)3-5;1-3-4-2;2*1-2-3-4;1-2-3;1-2(3)4;2*1-2-3;2*1-2(3)4;1-2-3;1-2;2-1-4-3;;;;/h1-3H2;1,6H,3-5H2;1-3H3;1H,3-6H2;2-3H2,1H3,(H,6,7);1H,4H2,2H3;2*1H,3-4H2;2H2,1H3;1H3;2*2-3H2,1H3;2*1H3,(H,3,4);2H,1H3;1H;1,3H;;;;/q;;;;;;;;;;;;;;;-1;;3*+1;-1/p-1. The van der Waals surface area contributed by atoms with E-state index >= 15 is 0 Å². The summed E-state index contributed by atoms with van der Waals surface area (Å²) in [6, 6.07) is -1.33. The number of alkyl halides is 3. The number of carbonyl (C=O) groups excluding carboxylic acids is 8. The molecule has 0 aromatic heterocycles. The Kier molecular flexibility index (Phi) is 203. The molecule has 2 aliphatic rings. The van der Waals surface area contributed by atoms with E-state index in [4.69, 9.17) is 125 Å². The van der Waals surface area contributed by atoms with Crippen LogP contribution in [-0.2, 0) is 85.5 Å². The summed E-state index contributed by atoms with van der Waals surface area (Å²) in [5.74, 6) is 8.40. The second-order valence-electron chi connectivity index (χ2n) is 12.2. The summed E-state index contributed by atoms with van der Waals surface area (Å²) in [5, 5.41) is 26.8. The molecule has 512 valence electrons. The average Bonchev–Trinajstić information content (AvgIpc) is 4.30. The van der Waals surface area contributed by atoms with Gasteiger partial charge in [0, 0.05) is 80.1 Å². The van der Waals surface area contributed by atoms with Crippen molar-refractivity contribution in [1.29, 1.82) is 0 Å². The average molecular weight is 1540 g/mol. The Morgan fingerprint density at radius 3 is 1.29 bits per heavy atom. The summed E-state index contributed by atoms with van der Waals surface area (Å²) in [6.07, 6.45) is 35.0. The van der Waals surface area contributed by atoms with Gasteiger partial charge in [0.25, 0.3) is 36.3 Å². The first-order valence-electron chi connectivity index (χ1n) is 24.2. The Hall–Kier alpha value is -2.52. The van der Waals surface area contributed by atoms with E-state index in [2.05, 4.69) is 110 Å². The number of carbonyl (C=O) groups is 10. The van der Waals surface area contributed by atoms with Gasteiger partial charge in [-0.3, -0.25) is 38.4 Å². The zero-order valence-corrected chi connectivity index (χ0v) is 68.1. The molecular weight excluding hydrogens is 1450 g/mol. The Bertz CT molecular complexity index is 1940. The fourth-order valence-corrected chi connectivity index (χ4v) is 3.51. The smallest absolute Gasteiger partial charge is 1.00 e. The maximum absolute atomic E-state index is 11.4. The molecule has 0 aliphatic carbocycles. The normalized spacial score (nSPS) is 9.53. The summed E-state index contributed by atoms with van der Waals surface area (Å²) in [6.45, 7) is 21.2. The molecule has 0 bridgehead atoms. The number of hydrogen-bond donors (Lipinski definition) is 8. The van der Waals surface area contributed by atoms with Crippen LogP contribution in [0.5, 0.6) is 0 Å². The minimum Gasteiger partial charge on any atom is -1.00 e. The van der Waals surface area contributed by atoms with Crippen molar-refractivity contribution >= 4 is 117 Å². The predicted molar refractivity (Wildman–Crippen MR) is 340 cm³/mol. The van der Waals surface area contributed by atoms with Crippen LogP contribution >= 0.6 is 51.1 Å². The molecule has 1 unspecified atom stereocenters. The Morgan fingerprint density at radius 2 is 1.13 bits per heavy atom. The number of carboxylic acid groups (broad SMARTS) is 2. The van der Waals surface area contributed by atoms with Crippen LogP contribution in [0.2, 0.25) is 0 Å². The van der Waals surface area contributed by atoms with Gasteiger partial charge in [0.15, 0.2) is 0 Å². The number of nitrogens with one attached hydrogen (secondary N) is 1. The summed E-state index contributed by atoms with van der Waals surface area (Å²) in [7, 11) is -1.51. The molecule has 0 spiro atoms. The van der Waals surface area contributed by atoms with Gasteiger partial charge in [-0.2, -0.15) is 9.18 Å². The van der Waals surface area contributed by atoms with Crippen LogP contribution < -0.4 is 172 Å². The van der Waals surface area contributed by atoms with Crippen LogP contribution in [0.25, 0.3) is 5.53 Å². The Balaban J connectivity index is -0.0000000371. The first-order chi connectivity index (χ1) is 41.3. The quantitative estimate of drug-likeness (QED) is 0.00598. The monoisotopic (exact) mass is 1540 g/mol. The third-order valence-corrected chi connectivity index (χ3v) is 7.62. The number of amides is 3. The van der Waals surface area contributed by atoms with Gasteiger partial charge in [0.1, 0.15) is 30.9 Å². The molecule has 3 amide bonds. The number of halogens is 4. The number of ether oxygens (including phenoxy) is 3. The number of epoxide rings is 1. The molecule has 0 saturated carbocycles. The van der Waals surface area contributed by atoms with Gasteiger partial charge in [-0.25, -0.2) is 9.36 Å². The molecule has 91 heavy (non-hydrogen) atoms. The van der Waals surface area contributed by atoms with Crippen LogP contribution in [0.15, 0.2) is 0 Å². The minimum absolute atomic E-state index is 0. The third kappa shape index (κ3) is 208. The molecule has 0 aromatic carbocycles. The molecule has 0 aromatic rings. The molecule has 30 nitrogen and oxygen atoms in total. The maximum atomic E-state index is 11.4. The van der Waals surface area contributed by atoms with Gasteiger partial charge in [0.2, 0.25) is 11.7 Å². The molecule has 2 heterocycles. The van der Waals surface area contributed by atoms with E-state index in [0.717, 1.165) is 80.2 Å². The second kappa shape index (κ2) is 136. The van der Waals surface area contributed by atoms with Gasteiger partial charge in [-0.05, 0) is 26.9 Å². The molecule has 2 aliphatic heterocycles. The summed E-state index contributed by atoms with van der Waals surface area (Å²) in [5.41, 5.74) is 32.1. The second-order valence-corrected chi connectivity index (χ2v) is 16.0. The van der Waals surface area contributed by atoms with Gasteiger partial charge < -0.3 is 107 Å². The SMILES string of the molecule is C#CCC.C#CCN.C#CCN.C#CCOCC1CO1.C#CCOCCN.CC(=O)F.CC(=O)O.CC(=O)O.CC=O.CCCl.CCN.CCN.CCNC(=O)CBr.COP(=O)(OC)C(=[N+]=[N-])C(C)=O.O=C(CBr)ON1C(=O)CCC1=O.O=CO[O-].[C-]#C.[H-].[K+].[K+].[Na+]. The van der Waals surface area contributed by atoms with Gasteiger partial charge in [-0.1, -0.05) is 83.2 Å². The molecule has 13 N–H and O–H groups in total. The van der Waals surface area contributed by atoms with E-state index in [-0.39, 0.29) is 164 Å². The van der Waals surface area contributed by atoms with Crippen molar-refractivity contribution in [2.75, 3.05) is 103 Å². The van der Waals surface area contributed by atoms with Crippen molar-refractivity contribution in [2.45, 2.75) is 94.6 Å². The van der Waals surface area contributed by atoms with E-state index in [0.29, 0.717) is 69.1 Å². The molecule has 38 heteroatoms. The zero-order valence-electron chi connectivity index (χ0n) is 56.1. The van der Waals surface area contributed by atoms with Gasteiger partial charge in [0.05, 0.1) is 38.2 Å². The maximum Gasteiger partial charge on any atom is 1.00 e. The number of terminal acetylenes is 6. The Labute approximate surface area is 668 Å². The summed E-state index contributed by atoms with van der Waals surface area (Å²) >= 11 is 10.8. The van der Waals surface area contributed by atoms with E-state index in [1.807, 2.05) is 34.6 Å². The van der Waals surface area contributed by atoms with Crippen LogP contribution in [0, 0.1) is 74.6 Å². The van der Waals surface area contributed by atoms with Crippen molar-refractivity contribution < 1.29 is 244 Å². The van der Waals surface area contributed by atoms with Crippen LogP contribution in [-0.4, -0.2) is 195 Å². The van der Waals surface area contributed by atoms with E-state index in [1.54, 1.807) is 0 Å². The van der Waals surface area contributed by atoms with Crippen molar-refractivity contribution in [2.24, 2.45) is 28.7 Å². The molecule has 0 radical (unpaired) electrons. The fraction of sp³-hybridized carbons (Fsp3) is 0.566. The minimum atomic E-state index is -3.70. The van der Waals surface area contributed by atoms with Gasteiger partial charge in [-0.15, -0.1) is 54.7 Å². The van der Waals surface area contributed by atoms with Crippen LogP contribution in [0.1, 0.15) is 89.9 Å². The number of hydrogen-bond acceptors (Lipinski definition) is 24. The number of carboxylic acids is 2. The van der Waals surface area contributed by atoms with Crippen molar-refractivity contribution in [3.63, 3.8) is 0 Å². The first-order valence-corrected chi connectivity index (χ1v) is 28.5. The number of nitrogens with two attached hydrogens (primary N) is 5. The predicted octanol–water partition coefficient (Wildman–Crippen LogP) is -7.16. The number of aliphatic carboxylic acids is 2. The molecule has 1 atom stereocenters. The number of rotatable bonds is 15. The molecule has 2 saturated heterocycles. The number of ketones is 1. The third-order valence-electron chi connectivity index (χ3n) is 4.77. The topological polar surface area (TPSA) is 501 Å². The number of hydroxylamine groups is 2. The molecule has 2 rings (SSSR count). The van der Waals surface area contributed by atoms with Crippen molar-refractivity contribution in [3.8, 4) is 68.1 Å². The molecular formula is C53H93Br2ClFK2N9NaO21P. The van der Waals surface area contributed by atoms with Crippen LogP contribution in [0.4, 0.5) is 4.39 Å². The van der Waals surface area contributed by atoms with E-state index < -0.39 is 54.6 Å². The van der Waals surface area contributed by atoms with E-state index in [1.165, 1.54) is 6.92 Å². The van der Waals surface area contributed by atoms with Crippen molar-refractivity contribution in [3.05, 3.63) is 12.0 Å². The number of Topliss-reactive ketones (excluding diaryl/α,β-unsaturated/α-hetero) is 1. The number of aldehydes is 1. The zero-order chi connectivity index (χ0) is 73.2. The first kappa shape index (κ1) is 136. The number of nitrogens with zero attached hydrogens (tertiary/aromatic N) is 3. The van der Waals surface area contributed by atoms with Gasteiger partial charge >= 0.3 is 151 Å². The summed E-state index contributed by atoms with van der Waals surface area (Å²) < 4.78 is 45.2. The van der Waals surface area contributed by atoms with E-state index in [9.17, 15) is 32.9 Å².